The van der Waals surface area contributed by atoms with Crippen LogP contribution >= 0.6 is 0 Å². The Kier molecular flexibility index (Phi) is 2.41. The first kappa shape index (κ1) is 9.20. The van der Waals surface area contributed by atoms with E-state index in [-0.39, 0.29) is 5.41 Å². The van der Waals surface area contributed by atoms with Gasteiger partial charge >= 0.3 is 0 Å². The lowest BCUT2D eigenvalue weighted by Crippen LogP contribution is -2.34. The highest BCUT2D eigenvalue weighted by Gasteiger charge is 2.52. The van der Waals surface area contributed by atoms with Gasteiger partial charge in [-0.05, 0) is 31.6 Å². The molecule has 0 heterocycles. The lowest BCUT2D eigenvalue weighted by atomic mass is 9.76. The van der Waals surface area contributed by atoms with Crippen molar-refractivity contribution in [2.24, 2.45) is 11.3 Å². The Labute approximate surface area is 79.7 Å². The maximum atomic E-state index is 11.0. The topological polar surface area (TPSA) is 26.3 Å². The van der Waals surface area contributed by atoms with Gasteiger partial charge in [0.05, 0.1) is 6.10 Å². The van der Waals surface area contributed by atoms with Crippen LogP contribution < -0.4 is 0 Å². The monoisotopic (exact) mass is 182 g/mol. The molecule has 0 aromatic heterocycles. The van der Waals surface area contributed by atoms with Gasteiger partial charge in [0, 0.05) is 12.5 Å². The SMILES string of the molecule is COC1CCCCC1C1(C=O)CC1. The van der Waals surface area contributed by atoms with Gasteiger partial charge in [0.1, 0.15) is 6.29 Å². The fourth-order valence-electron chi connectivity index (χ4n) is 2.76. The molecule has 2 atom stereocenters. The molecule has 0 aromatic carbocycles. The maximum Gasteiger partial charge on any atom is 0.126 e. The van der Waals surface area contributed by atoms with Gasteiger partial charge in [-0.15, -0.1) is 0 Å². The molecule has 2 rings (SSSR count). The molecular weight excluding hydrogens is 164 g/mol. The number of hydrogen-bond donors (Lipinski definition) is 0. The Balaban J connectivity index is 2.06. The Hall–Kier alpha value is -0.370. The standard InChI is InChI=1S/C11H18O2/c1-13-10-5-3-2-4-9(10)11(8-12)6-7-11/h8-10H,2-7H2,1H3. The van der Waals surface area contributed by atoms with Gasteiger partial charge in [-0.25, -0.2) is 0 Å². The second kappa shape index (κ2) is 3.41. The summed E-state index contributed by atoms with van der Waals surface area (Å²) in [6.45, 7) is 0. The normalized spacial score (nSPS) is 37.0. The van der Waals surface area contributed by atoms with Crippen LogP contribution in [0.3, 0.4) is 0 Å². The molecule has 2 aliphatic rings. The third-order valence-electron chi connectivity index (χ3n) is 3.81. The van der Waals surface area contributed by atoms with E-state index >= 15 is 0 Å². The van der Waals surface area contributed by atoms with Crippen LogP contribution in [0.2, 0.25) is 0 Å². The van der Waals surface area contributed by atoms with Crippen molar-refractivity contribution in [1.82, 2.24) is 0 Å². The summed E-state index contributed by atoms with van der Waals surface area (Å²) < 4.78 is 5.47. The average molecular weight is 182 g/mol. The summed E-state index contributed by atoms with van der Waals surface area (Å²) >= 11 is 0. The number of carbonyl (C=O) groups excluding carboxylic acids is 1. The second-order valence-corrected chi connectivity index (χ2v) is 4.52. The summed E-state index contributed by atoms with van der Waals surface area (Å²) in [5.74, 6) is 0.517. The molecule has 2 aliphatic carbocycles. The predicted molar refractivity (Wildman–Crippen MR) is 50.5 cm³/mol. The molecule has 2 heteroatoms. The van der Waals surface area contributed by atoms with Crippen molar-refractivity contribution in [3.05, 3.63) is 0 Å². The molecule has 0 N–H and O–H groups in total. The van der Waals surface area contributed by atoms with Crippen molar-refractivity contribution >= 4 is 6.29 Å². The smallest absolute Gasteiger partial charge is 0.126 e. The van der Waals surface area contributed by atoms with E-state index < -0.39 is 0 Å². The average Bonchev–Trinajstić information content (AvgIpc) is 2.98. The summed E-state index contributed by atoms with van der Waals surface area (Å²) in [5, 5.41) is 0. The van der Waals surface area contributed by atoms with E-state index in [0.29, 0.717) is 12.0 Å². The number of rotatable bonds is 3. The van der Waals surface area contributed by atoms with Crippen molar-refractivity contribution in [2.75, 3.05) is 7.11 Å². The molecule has 2 saturated carbocycles. The van der Waals surface area contributed by atoms with E-state index in [2.05, 4.69) is 0 Å². The Morgan fingerprint density at radius 2 is 2.00 bits per heavy atom. The summed E-state index contributed by atoms with van der Waals surface area (Å²) in [4.78, 5) is 11.0. The first-order valence-corrected chi connectivity index (χ1v) is 5.31. The van der Waals surface area contributed by atoms with Crippen LogP contribution in [-0.4, -0.2) is 19.5 Å². The minimum absolute atomic E-state index is 0.0289. The molecule has 0 radical (unpaired) electrons. The van der Waals surface area contributed by atoms with Crippen LogP contribution in [0.25, 0.3) is 0 Å². The van der Waals surface area contributed by atoms with Gasteiger partial charge in [0.15, 0.2) is 0 Å². The van der Waals surface area contributed by atoms with Crippen molar-refractivity contribution in [3.63, 3.8) is 0 Å². The van der Waals surface area contributed by atoms with Gasteiger partial charge in [0.25, 0.3) is 0 Å². The van der Waals surface area contributed by atoms with Crippen LogP contribution in [0.1, 0.15) is 38.5 Å². The van der Waals surface area contributed by atoms with Crippen LogP contribution in [-0.2, 0) is 9.53 Å². The summed E-state index contributed by atoms with van der Waals surface area (Å²) in [6.07, 6.45) is 8.62. The molecule has 74 valence electrons. The van der Waals surface area contributed by atoms with Gasteiger partial charge < -0.3 is 9.53 Å². The van der Waals surface area contributed by atoms with Crippen LogP contribution in [0, 0.1) is 11.3 Å². The second-order valence-electron chi connectivity index (χ2n) is 4.52. The fraction of sp³-hybridized carbons (Fsp3) is 0.909. The van der Waals surface area contributed by atoms with Crippen LogP contribution in [0.15, 0.2) is 0 Å². The van der Waals surface area contributed by atoms with Crippen LogP contribution in [0.4, 0.5) is 0 Å². The highest BCUT2D eigenvalue weighted by molar-refractivity contribution is 5.64. The molecule has 0 aromatic rings. The zero-order valence-corrected chi connectivity index (χ0v) is 8.29. The maximum absolute atomic E-state index is 11.0. The Morgan fingerprint density at radius 3 is 2.54 bits per heavy atom. The molecule has 2 unspecified atom stereocenters. The number of ether oxygens (including phenoxy) is 1. The molecular formula is C11H18O2. The third-order valence-corrected chi connectivity index (χ3v) is 3.81. The highest BCUT2D eigenvalue weighted by atomic mass is 16.5. The molecule has 0 bridgehead atoms. The number of aldehydes is 1. The summed E-state index contributed by atoms with van der Waals surface area (Å²) in [6, 6.07) is 0. The van der Waals surface area contributed by atoms with Crippen molar-refractivity contribution in [1.29, 1.82) is 0 Å². The molecule has 0 aliphatic heterocycles. The summed E-state index contributed by atoms with van der Waals surface area (Å²) in [7, 11) is 1.78. The quantitative estimate of drug-likeness (QED) is 0.625. The van der Waals surface area contributed by atoms with Gasteiger partial charge in [-0.2, -0.15) is 0 Å². The van der Waals surface area contributed by atoms with Crippen molar-refractivity contribution in [2.45, 2.75) is 44.6 Å². The Morgan fingerprint density at radius 1 is 1.31 bits per heavy atom. The lowest BCUT2D eigenvalue weighted by molar-refractivity contribution is -0.117. The van der Waals surface area contributed by atoms with E-state index in [9.17, 15) is 4.79 Å². The largest absolute Gasteiger partial charge is 0.381 e. The molecule has 0 spiro atoms. The van der Waals surface area contributed by atoms with Gasteiger partial charge in [0.2, 0.25) is 0 Å². The minimum atomic E-state index is 0.0289. The van der Waals surface area contributed by atoms with E-state index in [1.165, 1.54) is 25.5 Å². The molecule has 0 amide bonds. The number of hydrogen-bond acceptors (Lipinski definition) is 2. The van der Waals surface area contributed by atoms with E-state index in [0.717, 1.165) is 19.3 Å². The predicted octanol–water partition coefficient (Wildman–Crippen LogP) is 2.17. The number of methoxy groups -OCH3 is 1. The molecule has 2 fully saturated rings. The van der Waals surface area contributed by atoms with Crippen molar-refractivity contribution in [3.8, 4) is 0 Å². The zero-order valence-electron chi connectivity index (χ0n) is 8.29. The minimum Gasteiger partial charge on any atom is -0.381 e. The van der Waals surface area contributed by atoms with E-state index in [1.54, 1.807) is 7.11 Å². The van der Waals surface area contributed by atoms with Crippen molar-refractivity contribution < 1.29 is 9.53 Å². The lowest BCUT2D eigenvalue weighted by Gasteiger charge is -2.34. The van der Waals surface area contributed by atoms with Crippen LogP contribution in [0.5, 0.6) is 0 Å². The fourth-order valence-corrected chi connectivity index (χ4v) is 2.76. The molecule has 13 heavy (non-hydrogen) atoms. The first-order valence-electron chi connectivity index (χ1n) is 5.31. The van der Waals surface area contributed by atoms with Gasteiger partial charge in [-0.1, -0.05) is 12.8 Å². The zero-order chi connectivity index (χ0) is 9.31. The molecule has 2 nitrogen and oxygen atoms in total. The Bertz CT molecular complexity index is 196. The first-order chi connectivity index (χ1) is 6.32. The molecule has 0 saturated heterocycles. The highest BCUT2D eigenvalue weighted by Crippen LogP contribution is 2.55. The summed E-state index contributed by atoms with van der Waals surface area (Å²) in [5.41, 5.74) is 0.0289. The van der Waals surface area contributed by atoms with Gasteiger partial charge in [-0.3, -0.25) is 0 Å². The van der Waals surface area contributed by atoms with E-state index in [4.69, 9.17) is 4.74 Å². The third kappa shape index (κ3) is 1.52. The van der Waals surface area contributed by atoms with E-state index in [1.807, 2.05) is 0 Å². The number of carbonyl (C=O) groups is 1.